The Balaban J connectivity index is 0. The van der Waals surface area contributed by atoms with Crippen LogP contribution in [0.1, 0.15) is 2.85 Å². The van der Waals surface area contributed by atoms with Crippen molar-refractivity contribution in [3.63, 3.8) is 0 Å². The summed E-state index contributed by atoms with van der Waals surface area (Å²) in [4.78, 5) is 0. The topological polar surface area (TPSA) is 63.0 Å². The Morgan fingerprint density at radius 3 is 0.750 bits per heavy atom. The smallest absolute Gasteiger partial charge is 1.00 e. The van der Waals surface area contributed by atoms with Crippen LogP contribution in [0.25, 0.3) is 0 Å². The largest absolute Gasteiger partial charge is 1.00 e. The molecule has 0 saturated carbocycles. The van der Waals surface area contributed by atoms with Crippen molar-refractivity contribution in [1.82, 2.24) is 0 Å². The van der Waals surface area contributed by atoms with Crippen LogP contribution < -0.4 is 37.7 Å². The minimum absolute atomic E-state index is 0. The van der Waals surface area contributed by atoms with Crippen LogP contribution in [0.15, 0.2) is 0 Å². The second kappa shape index (κ2) is 32.1. The van der Waals surface area contributed by atoms with Crippen LogP contribution in [0.3, 0.4) is 0 Å². The fourth-order valence-corrected chi connectivity index (χ4v) is 0. The second-order valence-corrected chi connectivity index (χ2v) is 0. The molecular weight excluding hydrogens is 45.9 g/mol. The Morgan fingerprint density at radius 2 is 0.750 bits per heavy atom. The summed E-state index contributed by atoms with van der Waals surface area (Å²) in [7, 11) is 0. The molecule has 0 spiro atoms. The van der Waals surface area contributed by atoms with Crippen LogP contribution >= 0.6 is 0 Å². The zero-order valence-electron chi connectivity index (χ0n) is 5.00. The third-order valence-corrected chi connectivity index (χ3v) is 0. The molecule has 0 fully saturated rings. The van der Waals surface area contributed by atoms with Gasteiger partial charge in [-0.25, -0.2) is 0 Å². The summed E-state index contributed by atoms with van der Waals surface area (Å²) in [6, 6.07) is 0. The first-order chi connectivity index (χ1) is 0. The minimum Gasteiger partial charge on any atom is -1.00 e. The van der Waals surface area contributed by atoms with E-state index >= 15 is 0 Å². The van der Waals surface area contributed by atoms with Crippen molar-refractivity contribution >= 4 is 0 Å². The van der Waals surface area contributed by atoms with Crippen molar-refractivity contribution in [3.8, 4) is 0 Å². The quantitative estimate of drug-likeness (QED) is 0.246. The number of hydrogen-bond acceptors (Lipinski definition) is 0. The molecule has 4 heteroatoms. The van der Waals surface area contributed by atoms with Gasteiger partial charge in [-0.1, -0.05) is 0 Å². The third kappa shape index (κ3) is 11.2. The fraction of sp³-hybridized carbons (Fsp3) is 0. The Labute approximate surface area is 51.9 Å². The molecule has 0 aromatic carbocycles. The molecule has 0 bridgehead atoms. The van der Waals surface area contributed by atoms with Crippen molar-refractivity contribution < 1.29 is 51.5 Å². The molecule has 0 aliphatic heterocycles. The Morgan fingerprint density at radius 1 is 0.750 bits per heavy atom. The van der Waals surface area contributed by atoms with Gasteiger partial charge in [0.15, 0.2) is 0 Å². The van der Waals surface area contributed by atoms with E-state index in [2.05, 4.69) is 0 Å². The molecular formula is H6Li2O2. The zero-order chi connectivity index (χ0) is 0. The van der Waals surface area contributed by atoms with E-state index in [4.69, 9.17) is 0 Å². The first kappa shape index (κ1) is 69.7. The predicted molar refractivity (Wildman–Crippen MR) is 9.45 cm³/mol. The summed E-state index contributed by atoms with van der Waals surface area (Å²) < 4.78 is 0. The summed E-state index contributed by atoms with van der Waals surface area (Å²) >= 11 is 0. The normalized spacial score (nSPS) is 0. The molecule has 0 aliphatic rings. The molecule has 4 heavy (non-hydrogen) atoms. The first-order valence-electron chi connectivity index (χ1n) is 0. The van der Waals surface area contributed by atoms with Crippen LogP contribution in [-0.4, -0.2) is 11.0 Å². The SMILES string of the molecule is O.O.[H-].[H-].[Li+].[Li+]. The molecule has 0 rings (SSSR count). The molecule has 20 valence electrons. The van der Waals surface area contributed by atoms with Gasteiger partial charge in [0.2, 0.25) is 0 Å². The summed E-state index contributed by atoms with van der Waals surface area (Å²) in [6.07, 6.45) is 0. The van der Waals surface area contributed by atoms with Crippen molar-refractivity contribution in [2.75, 3.05) is 0 Å². The number of rotatable bonds is 0. The van der Waals surface area contributed by atoms with Gasteiger partial charge in [0.25, 0.3) is 0 Å². The van der Waals surface area contributed by atoms with Gasteiger partial charge in [0.05, 0.1) is 0 Å². The molecule has 0 radical (unpaired) electrons. The average Bonchev–Trinajstić information content (AvgIpc) is 0. The predicted octanol–water partition coefficient (Wildman–Crippen LogP) is -7.42. The van der Waals surface area contributed by atoms with Gasteiger partial charge in [0, 0.05) is 0 Å². The Hall–Kier alpha value is 1.11. The van der Waals surface area contributed by atoms with Crippen LogP contribution in [0.4, 0.5) is 0 Å². The molecule has 0 atom stereocenters. The molecule has 0 aromatic heterocycles. The maximum Gasteiger partial charge on any atom is 1.00 e. The molecule has 0 heterocycles. The van der Waals surface area contributed by atoms with Crippen LogP contribution in [0, 0.1) is 0 Å². The molecule has 0 aliphatic carbocycles. The van der Waals surface area contributed by atoms with Crippen molar-refractivity contribution in [2.45, 2.75) is 0 Å². The number of hydrogen-bond donors (Lipinski definition) is 0. The first-order valence-corrected chi connectivity index (χ1v) is 0. The molecule has 2 nitrogen and oxygen atoms in total. The van der Waals surface area contributed by atoms with Gasteiger partial charge < -0.3 is 13.8 Å². The van der Waals surface area contributed by atoms with E-state index in [0.717, 1.165) is 0 Å². The summed E-state index contributed by atoms with van der Waals surface area (Å²) in [5, 5.41) is 0. The monoisotopic (exact) mass is 52.1 g/mol. The van der Waals surface area contributed by atoms with Crippen molar-refractivity contribution in [2.24, 2.45) is 0 Å². The van der Waals surface area contributed by atoms with Gasteiger partial charge in [-0.2, -0.15) is 0 Å². The Kier molecular flexibility index (Phi) is 560. The van der Waals surface area contributed by atoms with Crippen LogP contribution in [0.5, 0.6) is 0 Å². The Bertz CT molecular complexity index is 9.51. The standard InChI is InChI=1S/2Li.2H2O.2H/h;;2*1H2;;/q2*+1;;;2*-1. The van der Waals surface area contributed by atoms with E-state index in [1.165, 1.54) is 0 Å². The molecule has 0 amide bonds. The van der Waals surface area contributed by atoms with E-state index in [1.807, 2.05) is 0 Å². The molecule has 0 saturated heterocycles. The van der Waals surface area contributed by atoms with Crippen LogP contribution in [0.2, 0.25) is 0 Å². The summed E-state index contributed by atoms with van der Waals surface area (Å²) in [5.41, 5.74) is 0. The van der Waals surface area contributed by atoms with Gasteiger partial charge in [-0.05, 0) is 0 Å². The molecule has 0 unspecified atom stereocenters. The van der Waals surface area contributed by atoms with Crippen molar-refractivity contribution in [1.29, 1.82) is 0 Å². The van der Waals surface area contributed by atoms with E-state index in [1.54, 1.807) is 0 Å². The summed E-state index contributed by atoms with van der Waals surface area (Å²) in [5.74, 6) is 0. The van der Waals surface area contributed by atoms with Gasteiger partial charge >= 0.3 is 37.7 Å². The van der Waals surface area contributed by atoms with Gasteiger partial charge in [0.1, 0.15) is 0 Å². The average molecular weight is 51.9 g/mol. The van der Waals surface area contributed by atoms with Crippen LogP contribution in [-0.2, 0) is 0 Å². The van der Waals surface area contributed by atoms with E-state index in [9.17, 15) is 0 Å². The third-order valence-electron chi connectivity index (χ3n) is 0. The maximum absolute atomic E-state index is 0. The van der Waals surface area contributed by atoms with Crippen molar-refractivity contribution in [3.05, 3.63) is 0 Å². The summed E-state index contributed by atoms with van der Waals surface area (Å²) in [6.45, 7) is 0. The van der Waals surface area contributed by atoms with Gasteiger partial charge in [-0.15, -0.1) is 0 Å². The maximum atomic E-state index is 0. The fourth-order valence-electron chi connectivity index (χ4n) is 0. The van der Waals surface area contributed by atoms with E-state index in [0.29, 0.717) is 0 Å². The van der Waals surface area contributed by atoms with E-state index in [-0.39, 0.29) is 51.5 Å². The minimum atomic E-state index is 0. The van der Waals surface area contributed by atoms with Gasteiger partial charge in [-0.3, -0.25) is 0 Å². The zero-order valence-corrected chi connectivity index (χ0v) is 3.00. The molecule has 4 N–H and O–H groups in total. The van der Waals surface area contributed by atoms with E-state index < -0.39 is 0 Å². The second-order valence-electron chi connectivity index (χ2n) is 0. The molecule has 0 aromatic rings.